The van der Waals surface area contributed by atoms with Gasteiger partial charge in [-0.2, -0.15) is 9.97 Å². The molecule has 0 radical (unpaired) electrons. The van der Waals surface area contributed by atoms with Gasteiger partial charge in [-0.1, -0.05) is 0 Å². The third kappa shape index (κ3) is 1.79. The van der Waals surface area contributed by atoms with E-state index in [0.717, 1.165) is 30.1 Å². The van der Waals surface area contributed by atoms with E-state index < -0.39 is 0 Å². The van der Waals surface area contributed by atoms with Gasteiger partial charge in [0.2, 0.25) is 5.95 Å². The first kappa shape index (κ1) is 10.3. The van der Waals surface area contributed by atoms with E-state index in [1.807, 2.05) is 7.05 Å². The maximum Gasteiger partial charge on any atom is 0.226 e. The van der Waals surface area contributed by atoms with Crippen LogP contribution in [0.25, 0.3) is 11.2 Å². The van der Waals surface area contributed by atoms with Gasteiger partial charge in [-0.3, -0.25) is 0 Å². The minimum absolute atomic E-state index is 0.630. The quantitative estimate of drug-likeness (QED) is 0.818. The first-order chi connectivity index (χ1) is 8.38. The number of H-pyrrole nitrogens is 1. The van der Waals surface area contributed by atoms with Gasteiger partial charge in [0, 0.05) is 20.1 Å². The summed E-state index contributed by atoms with van der Waals surface area (Å²) < 4.78 is 0. The molecule has 90 valence electrons. The summed E-state index contributed by atoms with van der Waals surface area (Å²) in [6, 6.07) is 0. The standard InChI is InChI=1S/C11H16N6/c1-12-11-15-9-8(13-7-14-9)10(16-11)17-5-3-2-4-6-17/h7H,2-6H2,1H3,(H2,12,13,14,15,16). The summed E-state index contributed by atoms with van der Waals surface area (Å²) in [5.74, 6) is 1.60. The number of piperidine rings is 1. The van der Waals surface area contributed by atoms with Crippen molar-refractivity contribution < 1.29 is 0 Å². The van der Waals surface area contributed by atoms with Crippen LogP contribution in [-0.4, -0.2) is 40.1 Å². The smallest absolute Gasteiger partial charge is 0.226 e. The summed E-state index contributed by atoms with van der Waals surface area (Å²) in [6.45, 7) is 2.13. The number of fused-ring (bicyclic) bond motifs is 1. The Labute approximate surface area is 99.5 Å². The monoisotopic (exact) mass is 232 g/mol. The molecule has 0 unspecified atom stereocenters. The Hall–Kier alpha value is -1.85. The van der Waals surface area contributed by atoms with Crippen LogP contribution in [0, 0.1) is 0 Å². The minimum atomic E-state index is 0.630. The molecule has 0 atom stereocenters. The second-order valence-corrected chi connectivity index (χ2v) is 4.27. The Kier molecular flexibility index (Phi) is 2.55. The van der Waals surface area contributed by atoms with Crippen LogP contribution in [0.2, 0.25) is 0 Å². The van der Waals surface area contributed by atoms with Crippen molar-refractivity contribution in [1.82, 2.24) is 19.9 Å². The summed E-state index contributed by atoms with van der Waals surface area (Å²) in [4.78, 5) is 18.5. The van der Waals surface area contributed by atoms with Gasteiger partial charge in [0.25, 0.3) is 0 Å². The average Bonchev–Trinajstić information content (AvgIpc) is 2.86. The molecule has 3 rings (SSSR count). The molecule has 17 heavy (non-hydrogen) atoms. The highest BCUT2D eigenvalue weighted by atomic mass is 15.2. The lowest BCUT2D eigenvalue weighted by Gasteiger charge is -2.28. The lowest BCUT2D eigenvalue weighted by Crippen LogP contribution is -2.30. The van der Waals surface area contributed by atoms with Crippen LogP contribution >= 0.6 is 0 Å². The van der Waals surface area contributed by atoms with Crippen molar-refractivity contribution >= 4 is 22.9 Å². The number of hydrogen-bond acceptors (Lipinski definition) is 5. The molecule has 6 heteroatoms. The van der Waals surface area contributed by atoms with Gasteiger partial charge in [0.15, 0.2) is 11.5 Å². The fourth-order valence-electron chi connectivity index (χ4n) is 2.26. The van der Waals surface area contributed by atoms with E-state index >= 15 is 0 Å². The Morgan fingerprint density at radius 1 is 1.24 bits per heavy atom. The van der Waals surface area contributed by atoms with Gasteiger partial charge >= 0.3 is 0 Å². The number of imidazole rings is 1. The van der Waals surface area contributed by atoms with Crippen LogP contribution in [0.5, 0.6) is 0 Å². The molecule has 0 amide bonds. The number of aromatic amines is 1. The molecule has 2 aromatic rings. The molecule has 0 saturated carbocycles. The normalized spacial score (nSPS) is 16.4. The summed E-state index contributed by atoms with van der Waals surface area (Å²) in [5, 5.41) is 2.99. The van der Waals surface area contributed by atoms with E-state index in [2.05, 4.69) is 30.2 Å². The Bertz CT molecular complexity index is 514. The Morgan fingerprint density at radius 2 is 2.06 bits per heavy atom. The largest absolute Gasteiger partial charge is 0.357 e. The highest BCUT2D eigenvalue weighted by Gasteiger charge is 2.17. The molecular formula is C11H16N6. The molecule has 3 heterocycles. The highest BCUT2D eigenvalue weighted by Crippen LogP contribution is 2.25. The van der Waals surface area contributed by atoms with Gasteiger partial charge in [0.1, 0.15) is 5.52 Å². The van der Waals surface area contributed by atoms with Crippen molar-refractivity contribution in [2.24, 2.45) is 0 Å². The lowest BCUT2D eigenvalue weighted by molar-refractivity contribution is 0.574. The van der Waals surface area contributed by atoms with Crippen molar-refractivity contribution in [3.05, 3.63) is 6.33 Å². The van der Waals surface area contributed by atoms with E-state index in [0.29, 0.717) is 5.95 Å². The van der Waals surface area contributed by atoms with Crippen molar-refractivity contribution in [3.63, 3.8) is 0 Å². The second kappa shape index (κ2) is 4.20. The number of nitrogens with zero attached hydrogens (tertiary/aromatic N) is 4. The number of anilines is 2. The molecule has 1 aliphatic rings. The summed E-state index contributed by atoms with van der Waals surface area (Å²) in [5.41, 5.74) is 1.66. The van der Waals surface area contributed by atoms with E-state index in [1.54, 1.807) is 6.33 Å². The average molecular weight is 232 g/mol. The summed E-state index contributed by atoms with van der Waals surface area (Å²) in [7, 11) is 1.83. The maximum atomic E-state index is 4.55. The van der Waals surface area contributed by atoms with Crippen LogP contribution in [0.3, 0.4) is 0 Å². The minimum Gasteiger partial charge on any atom is -0.357 e. The fourth-order valence-corrected chi connectivity index (χ4v) is 2.26. The SMILES string of the molecule is CNc1nc(N2CCCCC2)c2[nH]cnc2n1. The van der Waals surface area contributed by atoms with E-state index in [9.17, 15) is 0 Å². The van der Waals surface area contributed by atoms with Crippen molar-refractivity contribution in [2.45, 2.75) is 19.3 Å². The molecule has 2 aromatic heterocycles. The van der Waals surface area contributed by atoms with Gasteiger partial charge in [-0.15, -0.1) is 0 Å². The van der Waals surface area contributed by atoms with Crippen LogP contribution in [0.4, 0.5) is 11.8 Å². The molecule has 1 aliphatic heterocycles. The zero-order valence-corrected chi connectivity index (χ0v) is 9.90. The molecule has 0 aromatic carbocycles. The van der Waals surface area contributed by atoms with Gasteiger partial charge in [-0.05, 0) is 19.3 Å². The number of aromatic nitrogens is 4. The zero-order valence-electron chi connectivity index (χ0n) is 9.90. The third-order valence-electron chi connectivity index (χ3n) is 3.15. The summed E-state index contributed by atoms with van der Waals surface area (Å²) >= 11 is 0. The summed E-state index contributed by atoms with van der Waals surface area (Å²) in [6.07, 6.45) is 5.45. The van der Waals surface area contributed by atoms with Crippen LogP contribution < -0.4 is 10.2 Å². The molecule has 1 saturated heterocycles. The van der Waals surface area contributed by atoms with Gasteiger partial charge in [-0.25, -0.2) is 4.98 Å². The lowest BCUT2D eigenvalue weighted by atomic mass is 10.1. The Morgan fingerprint density at radius 3 is 2.82 bits per heavy atom. The van der Waals surface area contributed by atoms with Crippen molar-refractivity contribution in [2.75, 3.05) is 30.4 Å². The first-order valence-corrected chi connectivity index (χ1v) is 6.02. The predicted octanol–water partition coefficient (Wildman–Crippen LogP) is 1.38. The molecule has 1 fully saturated rings. The van der Waals surface area contributed by atoms with Gasteiger partial charge in [0.05, 0.1) is 6.33 Å². The van der Waals surface area contributed by atoms with E-state index in [-0.39, 0.29) is 0 Å². The highest BCUT2D eigenvalue weighted by molar-refractivity contribution is 5.84. The first-order valence-electron chi connectivity index (χ1n) is 6.02. The molecule has 0 aliphatic carbocycles. The van der Waals surface area contributed by atoms with E-state index in [4.69, 9.17) is 0 Å². The van der Waals surface area contributed by atoms with Crippen LogP contribution in [0.15, 0.2) is 6.33 Å². The number of hydrogen-bond donors (Lipinski definition) is 2. The second-order valence-electron chi connectivity index (χ2n) is 4.27. The Balaban J connectivity index is 2.08. The fraction of sp³-hybridized carbons (Fsp3) is 0.545. The number of rotatable bonds is 2. The molecule has 0 spiro atoms. The number of nitrogens with one attached hydrogen (secondary N) is 2. The topological polar surface area (TPSA) is 69.7 Å². The maximum absolute atomic E-state index is 4.55. The van der Waals surface area contributed by atoms with E-state index in [1.165, 1.54) is 19.3 Å². The molecule has 0 bridgehead atoms. The van der Waals surface area contributed by atoms with Crippen LogP contribution in [-0.2, 0) is 0 Å². The van der Waals surface area contributed by atoms with Crippen molar-refractivity contribution in [1.29, 1.82) is 0 Å². The van der Waals surface area contributed by atoms with Gasteiger partial charge < -0.3 is 15.2 Å². The molecule has 2 N–H and O–H groups in total. The molecule has 6 nitrogen and oxygen atoms in total. The van der Waals surface area contributed by atoms with Crippen LogP contribution in [0.1, 0.15) is 19.3 Å². The van der Waals surface area contributed by atoms with Crippen molar-refractivity contribution in [3.8, 4) is 0 Å². The predicted molar refractivity (Wildman–Crippen MR) is 67.3 cm³/mol. The molecular weight excluding hydrogens is 216 g/mol. The zero-order chi connectivity index (χ0) is 11.7. The third-order valence-corrected chi connectivity index (χ3v) is 3.15.